The average Bonchev–Trinajstić information content (AvgIpc) is 2.20. The first-order valence-corrected chi connectivity index (χ1v) is 32.8. The van der Waals surface area contributed by atoms with Gasteiger partial charge in [-0.3, -0.25) is 9.97 Å². The standard InChI is InChI=1S/C23H30N2.C19H22N2.C18H27N3.C17H25N3/c1-16(2)20-11-9-12-21(17(3)4)23(20)25-15-14-24(19(25)6)22-13-8-7-10-18(22)5;1-14-8-5-6-11-18(14)20-12-13-21(17(20)4)19-15(2)9-7-10-16(19)3;1-13-12-14(2)19-15(3)18(13)21-11-10-20(16(21)4)17-8-6-5-7-9-17;1-12-11-13(2)18-14(3)17(12)20-10-9-19(15(20)4)16-7-5-6-8-16/h7-17,19H,1-6H3;5-13,17H,1-4H3;10-12,16-17H,5-9H2,1-4H3;9-11,15-16H,5-8H2,1-4H3/t19-;17-;16-;15-/m0011/s1. The lowest BCUT2D eigenvalue weighted by molar-refractivity contribution is 0.187. The maximum Gasteiger partial charge on any atom is 0.107 e. The summed E-state index contributed by atoms with van der Waals surface area (Å²) in [4.78, 5) is 28.7. The Balaban J connectivity index is 0.000000139. The number of aromatic nitrogens is 2. The largest absolute Gasteiger partial charge is 0.353 e. The molecular weight excluding hydrogens is 1060 g/mol. The van der Waals surface area contributed by atoms with E-state index in [1.807, 2.05) is 0 Å². The van der Waals surface area contributed by atoms with Crippen LogP contribution in [0.15, 0.2) is 147 Å². The first-order valence-electron chi connectivity index (χ1n) is 32.8. The van der Waals surface area contributed by atoms with E-state index >= 15 is 0 Å². The Bertz CT molecular complexity index is 3340. The molecule has 2 fully saturated rings. The molecule has 6 aromatic rings. The molecule has 0 amide bonds. The third kappa shape index (κ3) is 14.0. The topological polar surface area (TPSA) is 51.7 Å². The molecule has 10 nitrogen and oxygen atoms in total. The molecule has 0 unspecified atom stereocenters. The van der Waals surface area contributed by atoms with Gasteiger partial charge in [0.05, 0.1) is 22.8 Å². The first kappa shape index (κ1) is 64.0. The molecule has 0 radical (unpaired) electrons. The third-order valence-electron chi connectivity index (χ3n) is 19.2. The molecule has 10 heteroatoms. The van der Waals surface area contributed by atoms with Crippen LogP contribution in [-0.2, 0) is 0 Å². The van der Waals surface area contributed by atoms with Gasteiger partial charge in [-0.05, 0) is 203 Å². The van der Waals surface area contributed by atoms with Crippen LogP contribution in [0.5, 0.6) is 0 Å². The molecule has 462 valence electrons. The third-order valence-corrected chi connectivity index (χ3v) is 19.2. The number of aryl methyl sites for hydroxylation is 10. The summed E-state index contributed by atoms with van der Waals surface area (Å²) in [5, 5.41) is 0. The fraction of sp³-hybridized carbons (Fsp3) is 0.455. The van der Waals surface area contributed by atoms with Crippen molar-refractivity contribution in [3.05, 3.63) is 214 Å². The molecule has 6 heterocycles. The highest BCUT2D eigenvalue weighted by molar-refractivity contribution is 5.71. The summed E-state index contributed by atoms with van der Waals surface area (Å²) >= 11 is 0. The lowest BCUT2D eigenvalue weighted by atomic mass is 9.92. The Kier molecular flexibility index (Phi) is 20.7. The lowest BCUT2D eigenvalue weighted by Gasteiger charge is -2.38. The van der Waals surface area contributed by atoms with Crippen molar-refractivity contribution >= 4 is 34.1 Å². The van der Waals surface area contributed by atoms with Crippen LogP contribution < -0.4 is 29.4 Å². The van der Waals surface area contributed by atoms with Gasteiger partial charge in [-0.15, -0.1) is 0 Å². The van der Waals surface area contributed by atoms with Gasteiger partial charge in [-0.1, -0.05) is 133 Å². The van der Waals surface area contributed by atoms with Crippen LogP contribution >= 0.6 is 0 Å². The van der Waals surface area contributed by atoms with E-state index in [-0.39, 0.29) is 12.3 Å². The van der Waals surface area contributed by atoms with Crippen LogP contribution in [0.1, 0.15) is 192 Å². The first-order chi connectivity index (χ1) is 41.7. The van der Waals surface area contributed by atoms with Crippen molar-refractivity contribution in [1.29, 1.82) is 0 Å². The molecule has 4 atom stereocenters. The van der Waals surface area contributed by atoms with Crippen molar-refractivity contribution < 1.29 is 0 Å². The second-order valence-corrected chi connectivity index (χ2v) is 26.2. The summed E-state index contributed by atoms with van der Waals surface area (Å²) in [6.45, 7) is 39.8. The van der Waals surface area contributed by atoms with E-state index in [0.29, 0.717) is 30.2 Å². The van der Waals surface area contributed by atoms with Gasteiger partial charge in [0, 0.05) is 95.8 Å². The van der Waals surface area contributed by atoms with E-state index < -0.39 is 0 Å². The molecule has 2 saturated carbocycles. The molecule has 4 aromatic carbocycles. The Morgan fingerprint density at radius 2 is 0.667 bits per heavy atom. The zero-order valence-electron chi connectivity index (χ0n) is 56.3. The molecule has 6 aliphatic rings. The van der Waals surface area contributed by atoms with E-state index in [1.165, 1.54) is 136 Å². The number of anilines is 6. The van der Waals surface area contributed by atoms with E-state index in [4.69, 9.17) is 0 Å². The van der Waals surface area contributed by atoms with Crippen LogP contribution in [0.25, 0.3) is 0 Å². The normalized spacial score (nSPS) is 20.1. The monoisotopic (exact) mass is 1170 g/mol. The van der Waals surface area contributed by atoms with Gasteiger partial charge < -0.3 is 39.2 Å². The van der Waals surface area contributed by atoms with E-state index in [9.17, 15) is 0 Å². The molecule has 0 spiro atoms. The summed E-state index contributed by atoms with van der Waals surface area (Å²) in [5.74, 6) is 1.00. The Labute approximate surface area is 525 Å². The fourth-order valence-corrected chi connectivity index (χ4v) is 14.7. The highest BCUT2D eigenvalue weighted by Crippen LogP contribution is 2.42. The minimum Gasteiger partial charge on any atom is -0.353 e. The quantitative estimate of drug-likeness (QED) is 0.133. The molecule has 87 heavy (non-hydrogen) atoms. The molecule has 12 rings (SSSR count). The van der Waals surface area contributed by atoms with Gasteiger partial charge in [-0.2, -0.15) is 0 Å². The highest BCUT2D eigenvalue weighted by atomic mass is 15.4. The smallest absolute Gasteiger partial charge is 0.107 e. The van der Waals surface area contributed by atoms with Gasteiger partial charge in [0.2, 0.25) is 0 Å². The van der Waals surface area contributed by atoms with E-state index in [2.05, 4.69) is 320 Å². The summed E-state index contributed by atoms with van der Waals surface area (Å²) in [6, 6.07) is 36.2. The Morgan fingerprint density at radius 3 is 1.06 bits per heavy atom. The van der Waals surface area contributed by atoms with Crippen LogP contribution in [0.4, 0.5) is 34.1 Å². The van der Waals surface area contributed by atoms with Gasteiger partial charge in [0.15, 0.2) is 0 Å². The number of hydrogen-bond donors (Lipinski definition) is 0. The number of benzene rings is 4. The summed E-state index contributed by atoms with van der Waals surface area (Å²) < 4.78 is 0. The summed E-state index contributed by atoms with van der Waals surface area (Å²) in [7, 11) is 0. The number of hydrogen-bond acceptors (Lipinski definition) is 10. The highest BCUT2D eigenvalue weighted by Gasteiger charge is 2.35. The van der Waals surface area contributed by atoms with Crippen LogP contribution in [0, 0.1) is 69.2 Å². The number of nitrogens with zero attached hydrogens (tertiary/aromatic N) is 10. The molecular formula is C77H104N10. The minimum absolute atomic E-state index is 0.262. The van der Waals surface area contributed by atoms with Crippen molar-refractivity contribution in [2.24, 2.45) is 0 Å². The van der Waals surface area contributed by atoms with Crippen LogP contribution in [0.2, 0.25) is 0 Å². The van der Waals surface area contributed by atoms with Gasteiger partial charge >= 0.3 is 0 Å². The second-order valence-electron chi connectivity index (χ2n) is 26.2. The maximum atomic E-state index is 4.66. The Hall–Kier alpha value is -7.46. The molecule has 0 saturated heterocycles. The van der Waals surface area contributed by atoms with Crippen molar-refractivity contribution in [2.75, 3.05) is 29.4 Å². The number of pyridine rings is 2. The van der Waals surface area contributed by atoms with E-state index in [1.54, 1.807) is 0 Å². The minimum atomic E-state index is 0.262. The zero-order valence-corrected chi connectivity index (χ0v) is 56.3. The van der Waals surface area contributed by atoms with Crippen molar-refractivity contribution in [1.82, 2.24) is 19.8 Å². The van der Waals surface area contributed by atoms with Gasteiger partial charge in [-0.25, -0.2) is 0 Å². The molecule has 0 bridgehead atoms. The van der Waals surface area contributed by atoms with Crippen LogP contribution in [0.3, 0.4) is 0 Å². The van der Waals surface area contributed by atoms with E-state index in [0.717, 1.165) is 28.8 Å². The predicted molar refractivity (Wildman–Crippen MR) is 372 cm³/mol. The van der Waals surface area contributed by atoms with Crippen molar-refractivity contribution in [3.63, 3.8) is 0 Å². The summed E-state index contributed by atoms with van der Waals surface area (Å²) in [5.41, 5.74) is 23.0. The van der Waals surface area contributed by atoms with Crippen LogP contribution in [-0.4, -0.2) is 56.5 Å². The second kappa shape index (κ2) is 28.1. The lowest BCUT2D eigenvalue weighted by Crippen LogP contribution is -2.43. The van der Waals surface area contributed by atoms with Crippen molar-refractivity contribution in [2.45, 2.75) is 231 Å². The molecule has 0 N–H and O–H groups in total. The molecule has 2 aliphatic carbocycles. The number of para-hydroxylation sites is 4. The summed E-state index contributed by atoms with van der Waals surface area (Å²) in [6.07, 6.45) is 31.5. The zero-order chi connectivity index (χ0) is 62.4. The van der Waals surface area contributed by atoms with Crippen molar-refractivity contribution in [3.8, 4) is 0 Å². The fourth-order valence-electron chi connectivity index (χ4n) is 14.7. The Morgan fingerprint density at radius 1 is 0.333 bits per heavy atom. The SMILES string of the molecule is Cc1cc(C)c(N2C=CN(C3CCCC3)[C@H]2C)c(C)n1.Cc1cc(C)c(N2C=CN(C3CCCCC3)[C@H]2C)c(C)n1.Cc1ccccc1N1C=CN(c2c(C(C)C)cccc2C(C)C)[C@H]1C.Cc1ccccc1N1C=CN(c2c(C)cccc2C)[C@H]1C. The van der Waals surface area contributed by atoms with Gasteiger partial charge in [0.25, 0.3) is 0 Å². The van der Waals surface area contributed by atoms with Gasteiger partial charge in [0.1, 0.15) is 24.7 Å². The molecule has 4 aliphatic heterocycles. The maximum absolute atomic E-state index is 4.66. The number of rotatable bonds is 10. The molecule has 2 aromatic heterocycles. The predicted octanol–water partition coefficient (Wildman–Crippen LogP) is 19.3. The average molecular weight is 1170 g/mol.